The Labute approximate surface area is 87.6 Å². The molecule has 0 aromatic rings. The zero-order chi connectivity index (χ0) is 11.1. The number of Topliss-reactive ketones (excluding diaryl/α,β-unsaturated/α-hetero) is 1. The summed E-state index contributed by atoms with van der Waals surface area (Å²) in [6.45, 7) is 7.26. The van der Waals surface area contributed by atoms with Crippen LogP contribution in [-0.4, -0.2) is 14.2 Å². The van der Waals surface area contributed by atoms with Crippen molar-refractivity contribution in [1.29, 1.82) is 0 Å². The van der Waals surface area contributed by atoms with Crippen molar-refractivity contribution >= 4 is 35.4 Å². The van der Waals surface area contributed by atoms with E-state index in [0.717, 1.165) is 6.42 Å². The van der Waals surface area contributed by atoms with Gasteiger partial charge >= 0.3 is 8.26 Å². The fourth-order valence-electron chi connectivity index (χ4n) is 0.440. The summed E-state index contributed by atoms with van der Waals surface area (Å²) in [5.41, 5.74) is 0.673. The van der Waals surface area contributed by atoms with Gasteiger partial charge in [-0.3, -0.25) is 4.79 Å². The van der Waals surface area contributed by atoms with Crippen LogP contribution in [0.3, 0.4) is 0 Å². The summed E-state index contributed by atoms with van der Waals surface area (Å²) in [7, 11) is 4.81. The largest absolute Gasteiger partial charge is 0.317 e. The van der Waals surface area contributed by atoms with Crippen LogP contribution in [-0.2, 0) is 13.1 Å². The Kier molecular flexibility index (Phi) is 8.72. The van der Waals surface area contributed by atoms with Gasteiger partial charge in [-0.1, -0.05) is 13.5 Å². The molecular weight excluding hydrogens is 235 g/mol. The van der Waals surface area contributed by atoms with E-state index in [1.54, 1.807) is 6.92 Å². The van der Waals surface area contributed by atoms with E-state index in [4.69, 9.17) is 8.42 Å². The minimum Gasteiger partial charge on any atom is -0.295 e. The maximum absolute atomic E-state index is 10.6. The molecule has 0 aliphatic rings. The summed E-state index contributed by atoms with van der Waals surface area (Å²) in [6.07, 6.45) is 1.57. The molecular formula is C7H12Cl2O3S. The van der Waals surface area contributed by atoms with Gasteiger partial charge in [0.1, 0.15) is 0 Å². The van der Waals surface area contributed by atoms with Crippen LogP contribution in [0.15, 0.2) is 12.2 Å². The zero-order valence-electron chi connectivity index (χ0n) is 7.51. The first-order chi connectivity index (χ1) is 5.68. The molecule has 3 nitrogen and oxygen atoms in total. The number of hydrogen-bond acceptors (Lipinski definition) is 3. The fourth-order valence-corrected chi connectivity index (χ4v) is 0.440. The highest BCUT2D eigenvalue weighted by atomic mass is 36.0. The van der Waals surface area contributed by atoms with Crippen molar-refractivity contribution < 1.29 is 13.2 Å². The van der Waals surface area contributed by atoms with Crippen molar-refractivity contribution in [3.63, 3.8) is 0 Å². The number of ketones is 1. The minimum atomic E-state index is -3.72. The molecule has 0 heterocycles. The van der Waals surface area contributed by atoms with Crippen molar-refractivity contribution in [3.05, 3.63) is 12.2 Å². The van der Waals surface area contributed by atoms with Gasteiger partial charge < -0.3 is 0 Å². The standard InChI is InChI=1S/C7H12O.Cl2O2S/c1-4-5-7(8)6(2)3;1-5(2,3)4/h2,4-5H2,1,3H3;. The monoisotopic (exact) mass is 246 g/mol. The molecule has 0 bridgehead atoms. The Bertz CT molecular complexity index is 261. The van der Waals surface area contributed by atoms with E-state index >= 15 is 0 Å². The summed E-state index contributed by atoms with van der Waals surface area (Å²) >= 11 is 0. The smallest absolute Gasteiger partial charge is 0.295 e. The Hall–Kier alpha value is -0.0600. The van der Waals surface area contributed by atoms with Gasteiger partial charge in [-0.05, 0) is 18.9 Å². The molecule has 78 valence electrons. The highest BCUT2D eigenvalue weighted by Crippen LogP contribution is 1.98. The zero-order valence-corrected chi connectivity index (χ0v) is 9.84. The summed E-state index contributed by atoms with van der Waals surface area (Å²) in [5, 5.41) is 0. The van der Waals surface area contributed by atoms with Gasteiger partial charge in [-0.15, -0.1) is 0 Å². The van der Waals surface area contributed by atoms with E-state index in [0.29, 0.717) is 12.0 Å². The summed E-state index contributed by atoms with van der Waals surface area (Å²) < 4.78 is 18.3. The van der Waals surface area contributed by atoms with E-state index in [2.05, 4.69) is 27.9 Å². The van der Waals surface area contributed by atoms with E-state index in [-0.39, 0.29) is 5.78 Å². The third-order valence-electron chi connectivity index (χ3n) is 0.953. The number of halogens is 2. The first-order valence-corrected chi connectivity index (χ1v) is 6.65. The number of hydrogen-bond donors (Lipinski definition) is 0. The Morgan fingerprint density at radius 1 is 1.38 bits per heavy atom. The maximum Gasteiger partial charge on any atom is 0.317 e. The molecule has 0 rings (SSSR count). The minimum absolute atomic E-state index is 0.188. The highest BCUT2D eigenvalue weighted by molar-refractivity contribution is 8.31. The van der Waals surface area contributed by atoms with Crippen LogP contribution in [0.4, 0.5) is 0 Å². The fraction of sp³-hybridized carbons (Fsp3) is 0.571. The molecule has 0 aliphatic heterocycles. The molecule has 0 unspecified atom stereocenters. The van der Waals surface area contributed by atoms with Gasteiger partial charge in [0.25, 0.3) is 0 Å². The van der Waals surface area contributed by atoms with Crippen molar-refractivity contribution in [3.8, 4) is 0 Å². The molecule has 0 aromatic carbocycles. The first kappa shape index (κ1) is 15.4. The van der Waals surface area contributed by atoms with Crippen molar-refractivity contribution in [2.45, 2.75) is 26.7 Å². The van der Waals surface area contributed by atoms with Gasteiger partial charge in [0.2, 0.25) is 0 Å². The van der Waals surface area contributed by atoms with Crippen molar-refractivity contribution in [1.82, 2.24) is 0 Å². The molecule has 0 aromatic heterocycles. The summed E-state index contributed by atoms with van der Waals surface area (Å²) in [6, 6.07) is 0. The van der Waals surface area contributed by atoms with Gasteiger partial charge in [0.05, 0.1) is 0 Å². The Morgan fingerprint density at radius 2 is 1.69 bits per heavy atom. The summed E-state index contributed by atoms with van der Waals surface area (Å²) in [4.78, 5) is 10.6. The molecule has 0 aliphatic carbocycles. The molecule has 0 spiro atoms. The van der Waals surface area contributed by atoms with Crippen LogP contribution < -0.4 is 0 Å². The van der Waals surface area contributed by atoms with Crippen LogP contribution in [0.1, 0.15) is 26.7 Å². The number of carbonyl (C=O) groups is 1. The van der Waals surface area contributed by atoms with Crippen LogP contribution in [0.25, 0.3) is 0 Å². The number of allylic oxidation sites excluding steroid dienone is 1. The van der Waals surface area contributed by atoms with Gasteiger partial charge in [0.15, 0.2) is 5.78 Å². The van der Waals surface area contributed by atoms with Gasteiger partial charge in [0, 0.05) is 27.8 Å². The second-order valence-corrected chi connectivity index (χ2v) is 6.00. The normalized spacial score (nSPS) is 9.85. The van der Waals surface area contributed by atoms with Crippen LogP contribution in [0.2, 0.25) is 0 Å². The molecule has 0 radical (unpaired) electrons. The third kappa shape index (κ3) is 24.5. The predicted octanol–water partition coefficient (Wildman–Crippen LogP) is 2.64. The second-order valence-electron chi connectivity index (χ2n) is 2.33. The third-order valence-corrected chi connectivity index (χ3v) is 0.953. The lowest BCUT2D eigenvalue weighted by atomic mass is 10.1. The SMILES string of the molecule is C=C(C)C(=O)CCC.O=S(=O)(Cl)Cl. The molecule has 0 fully saturated rings. The van der Waals surface area contributed by atoms with E-state index in [9.17, 15) is 4.79 Å². The number of rotatable bonds is 3. The van der Waals surface area contributed by atoms with E-state index in [1.165, 1.54) is 0 Å². The lowest BCUT2D eigenvalue weighted by molar-refractivity contribution is -0.115. The average molecular weight is 247 g/mol. The van der Waals surface area contributed by atoms with Crippen LogP contribution in [0, 0.1) is 0 Å². The lowest BCUT2D eigenvalue weighted by Crippen LogP contribution is -1.95. The Morgan fingerprint density at radius 3 is 1.77 bits per heavy atom. The average Bonchev–Trinajstić information content (AvgIpc) is 1.84. The Balaban J connectivity index is 0. The predicted molar refractivity (Wildman–Crippen MR) is 55.4 cm³/mol. The van der Waals surface area contributed by atoms with Crippen LogP contribution in [0.5, 0.6) is 0 Å². The molecule has 6 heteroatoms. The van der Waals surface area contributed by atoms with Crippen molar-refractivity contribution in [2.75, 3.05) is 0 Å². The molecule has 0 N–H and O–H groups in total. The lowest BCUT2D eigenvalue weighted by Gasteiger charge is -1.92. The topological polar surface area (TPSA) is 51.2 Å². The first-order valence-electron chi connectivity index (χ1n) is 3.51. The van der Waals surface area contributed by atoms with E-state index in [1.807, 2.05) is 6.92 Å². The molecule has 0 saturated carbocycles. The maximum atomic E-state index is 10.6. The molecule has 0 amide bonds. The second kappa shape index (κ2) is 7.35. The van der Waals surface area contributed by atoms with Gasteiger partial charge in [-0.25, -0.2) is 0 Å². The quantitative estimate of drug-likeness (QED) is 0.569. The summed E-state index contributed by atoms with van der Waals surface area (Å²) in [5.74, 6) is 0.188. The highest BCUT2D eigenvalue weighted by Gasteiger charge is 1.97. The molecule has 0 saturated heterocycles. The molecule has 13 heavy (non-hydrogen) atoms. The van der Waals surface area contributed by atoms with Crippen molar-refractivity contribution in [2.24, 2.45) is 0 Å². The van der Waals surface area contributed by atoms with Gasteiger partial charge in [-0.2, -0.15) is 8.42 Å². The van der Waals surface area contributed by atoms with E-state index < -0.39 is 8.26 Å². The van der Waals surface area contributed by atoms with Crippen LogP contribution >= 0.6 is 21.4 Å². The number of carbonyl (C=O) groups excluding carboxylic acids is 1. The molecule has 0 atom stereocenters.